The van der Waals surface area contributed by atoms with Gasteiger partial charge < -0.3 is 10.6 Å². The highest BCUT2D eigenvalue weighted by atomic mass is 35.5. The molecular weight excluding hydrogens is 248 g/mol. The molecular formula is C14H29ClN2O. The van der Waals surface area contributed by atoms with Gasteiger partial charge in [-0.25, -0.2) is 0 Å². The van der Waals surface area contributed by atoms with E-state index < -0.39 is 0 Å². The van der Waals surface area contributed by atoms with E-state index >= 15 is 0 Å². The van der Waals surface area contributed by atoms with Crippen molar-refractivity contribution in [3.8, 4) is 0 Å². The number of piperidine rings is 1. The maximum atomic E-state index is 11.6. The summed E-state index contributed by atoms with van der Waals surface area (Å²) in [4.78, 5) is 11.6. The minimum absolute atomic E-state index is 0. The highest BCUT2D eigenvalue weighted by molar-refractivity contribution is 5.85. The summed E-state index contributed by atoms with van der Waals surface area (Å²) in [7, 11) is 0. The van der Waals surface area contributed by atoms with E-state index in [1.165, 1.54) is 12.8 Å². The summed E-state index contributed by atoms with van der Waals surface area (Å²) in [5, 5.41) is 6.43. The summed E-state index contributed by atoms with van der Waals surface area (Å²) >= 11 is 0. The highest BCUT2D eigenvalue weighted by Crippen LogP contribution is 2.21. The van der Waals surface area contributed by atoms with Gasteiger partial charge in [0.25, 0.3) is 0 Å². The van der Waals surface area contributed by atoms with Crippen LogP contribution in [0.1, 0.15) is 52.9 Å². The number of carbonyl (C=O) groups excluding carboxylic acids is 1. The Morgan fingerprint density at radius 3 is 2.67 bits per heavy atom. The van der Waals surface area contributed by atoms with E-state index in [9.17, 15) is 4.79 Å². The normalized spacial score (nSPS) is 20.1. The molecule has 1 rings (SSSR count). The second-order valence-electron chi connectivity index (χ2n) is 6.43. The molecule has 0 saturated carbocycles. The first kappa shape index (κ1) is 17.7. The first-order valence-electron chi connectivity index (χ1n) is 6.95. The zero-order chi connectivity index (χ0) is 12.7. The van der Waals surface area contributed by atoms with Crippen LogP contribution in [0.25, 0.3) is 0 Å². The van der Waals surface area contributed by atoms with Gasteiger partial charge in [0.05, 0.1) is 0 Å². The summed E-state index contributed by atoms with van der Waals surface area (Å²) in [5.74, 6) is 0.857. The third kappa shape index (κ3) is 8.76. The molecule has 1 unspecified atom stereocenters. The van der Waals surface area contributed by atoms with Crippen molar-refractivity contribution in [2.24, 2.45) is 11.3 Å². The minimum Gasteiger partial charge on any atom is -0.356 e. The smallest absolute Gasteiger partial charge is 0.220 e. The first-order valence-corrected chi connectivity index (χ1v) is 6.95. The van der Waals surface area contributed by atoms with Crippen molar-refractivity contribution in [3.63, 3.8) is 0 Å². The molecule has 3 nitrogen and oxygen atoms in total. The van der Waals surface area contributed by atoms with Crippen molar-refractivity contribution in [2.45, 2.75) is 52.9 Å². The largest absolute Gasteiger partial charge is 0.356 e. The molecule has 0 aliphatic carbocycles. The van der Waals surface area contributed by atoms with E-state index in [1.807, 2.05) is 0 Å². The number of carbonyl (C=O) groups is 1. The molecule has 0 spiro atoms. The quantitative estimate of drug-likeness (QED) is 0.811. The number of amides is 1. The predicted octanol–water partition coefficient (Wildman–Crippen LogP) is 2.74. The predicted molar refractivity (Wildman–Crippen MR) is 79.2 cm³/mol. The summed E-state index contributed by atoms with van der Waals surface area (Å²) in [6, 6.07) is 0. The fourth-order valence-electron chi connectivity index (χ4n) is 2.22. The lowest BCUT2D eigenvalue weighted by Gasteiger charge is -2.23. The SMILES string of the molecule is CC(C)(C)CCCC(=O)NCC1CCCNC1.Cl. The van der Waals surface area contributed by atoms with Crippen molar-refractivity contribution < 1.29 is 4.79 Å². The third-order valence-electron chi connectivity index (χ3n) is 3.32. The number of rotatable bonds is 5. The summed E-state index contributed by atoms with van der Waals surface area (Å²) in [6.45, 7) is 9.70. The number of hydrogen-bond donors (Lipinski definition) is 2. The molecule has 0 aromatic heterocycles. The number of nitrogens with one attached hydrogen (secondary N) is 2. The van der Waals surface area contributed by atoms with Gasteiger partial charge in [0.1, 0.15) is 0 Å². The van der Waals surface area contributed by atoms with E-state index in [4.69, 9.17) is 0 Å². The van der Waals surface area contributed by atoms with Crippen molar-refractivity contribution >= 4 is 18.3 Å². The molecule has 0 bridgehead atoms. The van der Waals surface area contributed by atoms with E-state index in [0.717, 1.165) is 32.5 Å². The maximum Gasteiger partial charge on any atom is 0.220 e. The summed E-state index contributed by atoms with van der Waals surface area (Å²) < 4.78 is 0. The van der Waals surface area contributed by atoms with Crippen molar-refractivity contribution in [1.29, 1.82) is 0 Å². The van der Waals surface area contributed by atoms with Gasteiger partial charge in [-0.3, -0.25) is 4.79 Å². The van der Waals surface area contributed by atoms with Gasteiger partial charge in [-0.2, -0.15) is 0 Å². The van der Waals surface area contributed by atoms with Gasteiger partial charge in [0, 0.05) is 13.0 Å². The molecule has 2 N–H and O–H groups in total. The summed E-state index contributed by atoms with van der Waals surface area (Å²) in [5.41, 5.74) is 0.341. The van der Waals surface area contributed by atoms with Crippen molar-refractivity contribution in [2.75, 3.05) is 19.6 Å². The van der Waals surface area contributed by atoms with Crippen LogP contribution in [-0.2, 0) is 4.79 Å². The van der Waals surface area contributed by atoms with E-state index in [2.05, 4.69) is 31.4 Å². The van der Waals surface area contributed by atoms with Crippen LogP contribution in [0.2, 0.25) is 0 Å². The molecule has 1 aliphatic heterocycles. The lowest BCUT2D eigenvalue weighted by atomic mass is 9.90. The second kappa shape index (κ2) is 8.76. The average Bonchev–Trinajstić information content (AvgIpc) is 2.26. The molecule has 1 saturated heterocycles. The molecule has 18 heavy (non-hydrogen) atoms. The Bertz CT molecular complexity index is 232. The van der Waals surface area contributed by atoms with Crippen LogP contribution in [0.3, 0.4) is 0 Å². The highest BCUT2D eigenvalue weighted by Gasteiger charge is 2.14. The van der Waals surface area contributed by atoms with Gasteiger partial charge >= 0.3 is 0 Å². The second-order valence-corrected chi connectivity index (χ2v) is 6.43. The van der Waals surface area contributed by atoms with Crippen LogP contribution in [0.4, 0.5) is 0 Å². The zero-order valence-electron chi connectivity index (χ0n) is 12.1. The van der Waals surface area contributed by atoms with Gasteiger partial charge in [-0.1, -0.05) is 20.8 Å². The Labute approximate surface area is 118 Å². The van der Waals surface area contributed by atoms with Crippen LogP contribution in [-0.4, -0.2) is 25.5 Å². The van der Waals surface area contributed by atoms with Crippen LogP contribution in [0.5, 0.6) is 0 Å². The molecule has 4 heteroatoms. The molecule has 1 amide bonds. The third-order valence-corrected chi connectivity index (χ3v) is 3.32. The first-order chi connectivity index (χ1) is 7.97. The van der Waals surface area contributed by atoms with Crippen molar-refractivity contribution in [3.05, 3.63) is 0 Å². The Hall–Kier alpha value is -0.280. The topological polar surface area (TPSA) is 41.1 Å². The minimum atomic E-state index is 0. The van der Waals surface area contributed by atoms with Gasteiger partial charge in [0.2, 0.25) is 5.91 Å². The van der Waals surface area contributed by atoms with E-state index in [-0.39, 0.29) is 18.3 Å². The molecule has 1 fully saturated rings. The maximum absolute atomic E-state index is 11.6. The molecule has 0 aromatic rings. The molecule has 1 heterocycles. The van der Waals surface area contributed by atoms with Gasteiger partial charge in [-0.15, -0.1) is 12.4 Å². The van der Waals surface area contributed by atoms with Crippen LogP contribution in [0, 0.1) is 11.3 Å². The molecule has 108 valence electrons. The zero-order valence-corrected chi connectivity index (χ0v) is 12.9. The van der Waals surface area contributed by atoms with E-state index in [0.29, 0.717) is 17.8 Å². The fraction of sp³-hybridized carbons (Fsp3) is 0.929. The lowest BCUT2D eigenvalue weighted by Crippen LogP contribution is -2.38. The fourth-order valence-corrected chi connectivity index (χ4v) is 2.22. The Morgan fingerprint density at radius 2 is 2.11 bits per heavy atom. The Kier molecular flexibility index (Phi) is 8.62. The standard InChI is InChI=1S/C14H28N2O.ClH/c1-14(2,3)8-4-7-13(17)16-11-12-6-5-9-15-10-12;/h12,15H,4-11H2,1-3H3,(H,16,17);1H. The molecule has 1 aliphatic rings. The van der Waals surface area contributed by atoms with Crippen LogP contribution >= 0.6 is 12.4 Å². The summed E-state index contributed by atoms with van der Waals surface area (Å²) in [6.07, 6.45) is 5.28. The Balaban J connectivity index is 0.00000289. The number of hydrogen-bond acceptors (Lipinski definition) is 2. The molecule has 0 radical (unpaired) electrons. The number of halogens is 1. The Morgan fingerprint density at radius 1 is 1.39 bits per heavy atom. The van der Waals surface area contributed by atoms with Crippen molar-refractivity contribution in [1.82, 2.24) is 10.6 Å². The monoisotopic (exact) mass is 276 g/mol. The van der Waals surface area contributed by atoms with Crippen LogP contribution in [0.15, 0.2) is 0 Å². The van der Waals surface area contributed by atoms with Crippen LogP contribution < -0.4 is 10.6 Å². The lowest BCUT2D eigenvalue weighted by molar-refractivity contribution is -0.121. The van der Waals surface area contributed by atoms with Gasteiger partial charge in [-0.05, 0) is 50.1 Å². The van der Waals surface area contributed by atoms with Gasteiger partial charge in [0.15, 0.2) is 0 Å². The molecule has 0 aromatic carbocycles. The average molecular weight is 277 g/mol. The molecule has 1 atom stereocenters. The van der Waals surface area contributed by atoms with E-state index in [1.54, 1.807) is 0 Å².